The van der Waals surface area contributed by atoms with E-state index in [1.54, 1.807) is 11.3 Å². The number of furan rings is 1. The molecule has 0 amide bonds. The van der Waals surface area contributed by atoms with E-state index in [-0.39, 0.29) is 0 Å². The second-order valence-electron chi connectivity index (χ2n) is 5.18. The minimum atomic E-state index is 0.682. The Morgan fingerprint density at radius 3 is 2.74 bits per heavy atom. The molecule has 0 bridgehead atoms. The van der Waals surface area contributed by atoms with Crippen molar-refractivity contribution in [3.8, 4) is 10.6 Å². The van der Waals surface area contributed by atoms with E-state index >= 15 is 0 Å². The first-order chi connectivity index (χ1) is 9.06. The first kappa shape index (κ1) is 14.2. The molecule has 5 heteroatoms. The molecule has 0 atom stereocenters. The van der Waals surface area contributed by atoms with Gasteiger partial charge in [0.1, 0.15) is 16.5 Å². The highest BCUT2D eigenvalue weighted by Crippen LogP contribution is 2.29. The van der Waals surface area contributed by atoms with Crippen LogP contribution in [0.3, 0.4) is 0 Å². The van der Waals surface area contributed by atoms with Crippen LogP contribution in [-0.2, 0) is 6.42 Å². The number of rotatable bonds is 6. The normalized spacial score (nSPS) is 11.4. The van der Waals surface area contributed by atoms with Crippen LogP contribution in [0.4, 0.5) is 0 Å². The fraction of sp³-hybridized carbons (Fsp3) is 0.571. The zero-order chi connectivity index (χ0) is 13.8. The van der Waals surface area contributed by atoms with Crippen LogP contribution >= 0.6 is 11.3 Å². The first-order valence-electron chi connectivity index (χ1n) is 6.66. The molecule has 0 fully saturated rings. The summed E-state index contributed by atoms with van der Waals surface area (Å²) < 4.78 is 5.53. The third kappa shape index (κ3) is 3.88. The predicted octanol–water partition coefficient (Wildman–Crippen LogP) is 3.20. The zero-order valence-electron chi connectivity index (χ0n) is 12.0. The van der Waals surface area contributed by atoms with Gasteiger partial charge < -0.3 is 9.73 Å². The van der Waals surface area contributed by atoms with Gasteiger partial charge in [-0.15, -0.1) is 10.2 Å². The second-order valence-corrected chi connectivity index (χ2v) is 6.24. The van der Waals surface area contributed by atoms with Gasteiger partial charge in [-0.3, -0.25) is 0 Å². The molecule has 4 nitrogen and oxygen atoms in total. The van der Waals surface area contributed by atoms with Crippen molar-refractivity contribution in [1.29, 1.82) is 0 Å². The standard InChI is InChI=1S/C14H21N3OS/c1-9(2)8-15-6-5-13-16-17-14(19-13)12-7-10(3)18-11(12)4/h7,9,15H,5-6,8H2,1-4H3. The van der Waals surface area contributed by atoms with Gasteiger partial charge in [0.15, 0.2) is 5.01 Å². The van der Waals surface area contributed by atoms with E-state index in [4.69, 9.17) is 4.42 Å². The summed E-state index contributed by atoms with van der Waals surface area (Å²) >= 11 is 1.65. The predicted molar refractivity (Wildman–Crippen MR) is 78.5 cm³/mol. The summed E-state index contributed by atoms with van der Waals surface area (Å²) in [5, 5.41) is 13.9. The number of nitrogens with zero attached hydrogens (tertiary/aromatic N) is 2. The molecule has 0 aromatic carbocycles. The highest BCUT2D eigenvalue weighted by molar-refractivity contribution is 7.14. The third-order valence-corrected chi connectivity index (χ3v) is 3.82. The molecule has 2 aromatic rings. The first-order valence-corrected chi connectivity index (χ1v) is 7.48. The molecule has 0 saturated carbocycles. The Kier molecular flexibility index (Phi) is 4.71. The fourth-order valence-corrected chi connectivity index (χ4v) is 2.80. The van der Waals surface area contributed by atoms with E-state index in [9.17, 15) is 0 Å². The summed E-state index contributed by atoms with van der Waals surface area (Å²) in [6.07, 6.45) is 0.931. The molecule has 2 heterocycles. The van der Waals surface area contributed by atoms with Crippen molar-refractivity contribution in [2.75, 3.05) is 13.1 Å². The third-order valence-electron chi connectivity index (χ3n) is 2.81. The summed E-state index contributed by atoms with van der Waals surface area (Å²) in [6.45, 7) is 10.3. The zero-order valence-corrected chi connectivity index (χ0v) is 12.8. The molecule has 0 saturated heterocycles. The molecule has 1 N–H and O–H groups in total. The van der Waals surface area contributed by atoms with Crippen LogP contribution in [-0.4, -0.2) is 23.3 Å². The van der Waals surface area contributed by atoms with Gasteiger partial charge in [0.05, 0.1) is 5.56 Å². The largest absolute Gasteiger partial charge is 0.466 e. The van der Waals surface area contributed by atoms with E-state index in [0.29, 0.717) is 5.92 Å². The lowest BCUT2D eigenvalue weighted by Crippen LogP contribution is -2.22. The van der Waals surface area contributed by atoms with Crippen molar-refractivity contribution < 1.29 is 4.42 Å². The Bertz CT molecular complexity index is 531. The van der Waals surface area contributed by atoms with Crippen molar-refractivity contribution >= 4 is 11.3 Å². The molecular formula is C14H21N3OS. The van der Waals surface area contributed by atoms with E-state index in [2.05, 4.69) is 29.4 Å². The Balaban J connectivity index is 1.94. The number of aromatic nitrogens is 2. The molecule has 2 aromatic heterocycles. The van der Waals surface area contributed by atoms with Gasteiger partial charge in [-0.25, -0.2) is 0 Å². The average molecular weight is 279 g/mol. The lowest BCUT2D eigenvalue weighted by atomic mass is 10.2. The maximum absolute atomic E-state index is 5.53. The second kappa shape index (κ2) is 6.30. The smallest absolute Gasteiger partial charge is 0.151 e. The summed E-state index contributed by atoms with van der Waals surface area (Å²) in [7, 11) is 0. The topological polar surface area (TPSA) is 51.0 Å². The highest BCUT2D eigenvalue weighted by Gasteiger charge is 2.12. The SMILES string of the molecule is Cc1cc(-c2nnc(CCNCC(C)C)s2)c(C)o1. The minimum Gasteiger partial charge on any atom is -0.466 e. The van der Waals surface area contributed by atoms with Gasteiger partial charge >= 0.3 is 0 Å². The molecular weight excluding hydrogens is 258 g/mol. The highest BCUT2D eigenvalue weighted by atomic mass is 32.1. The van der Waals surface area contributed by atoms with E-state index in [1.807, 2.05) is 19.9 Å². The van der Waals surface area contributed by atoms with Crippen LogP contribution in [0.2, 0.25) is 0 Å². The Hall–Kier alpha value is -1.20. The van der Waals surface area contributed by atoms with Gasteiger partial charge in [0.2, 0.25) is 0 Å². The summed E-state index contributed by atoms with van der Waals surface area (Å²) in [4.78, 5) is 0. The molecule has 0 aliphatic rings. The maximum Gasteiger partial charge on any atom is 0.151 e. The van der Waals surface area contributed by atoms with Crippen molar-refractivity contribution in [2.24, 2.45) is 5.92 Å². The quantitative estimate of drug-likeness (QED) is 0.825. The molecule has 0 aliphatic heterocycles. The fourth-order valence-electron chi connectivity index (χ4n) is 1.89. The molecule has 104 valence electrons. The van der Waals surface area contributed by atoms with Gasteiger partial charge in [-0.2, -0.15) is 0 Å². The van der Waals surface area contributed by atoms with Crippen LogP contribution in [0.1, 0.15) is 30.4 Å². The van der Waals surface area contributed by atoms with Crippen molar-refractivity contribution in [1.82, 2.24) is 15.5 Å². The van der Waals surface area contributed by atoms with Crippen molar-refractivity contribution in [2.45, 2.75) is 34.1 Å². The van der Waals surface area contributed by atoms with Gasteiger partial charge in [-0.1, -0.05) is 25.2 Å². The molecule has 0 radical (unpaired) electrons. The number of nitrogens with one attached hydrogen (secondary N) is 1. The number of aryl methyl sites for hydroxylation is 2. The lowest BCUT2D eigenvalue weighted by molar-refractivity contribution is 0.505. The summed E-state index contributed by atoms with van der Waals surface area (Å²) in [5.74, 6) is 2.52. The van der Waals surface area contributed by atoms with Gasteiger partial charge in [0, 0.05) is 13.0 Å². The maximum atomic E-state index is 5.53. The average Bonchev–Trinajstić information content (AvgIpc) is 2.91. The molecule has 2 rings (SSSR count). The Morgan fingerprint density at radius 1 is 1.32 bits per heavy atom. The number of hydrogen-bond acceptors (Lipinski definition) is 5. The lowest BCUT2D eigenvalue weighted by Gasteiger charge is -2.05. The summed E-state index contributed by atoms with van der Waals surface area (Å²) in [6, 6.07) is 2.02. The molecule has 0 spiro atoms. The van der Waals surface area contributed by atoms with Crippen molar-refractivity contribution in [3.05, 3.63) is 22.6 Å². The Labute approximate surface area is 118 Å². The van der Waals surface area contributed by atoms with Crippen LogP contribution in [0.15, 0.2) is 10.5 Å². The van der Waals surface area contributed by atoms with Crippen LogP contribution < -0.4 is 5.32 Å². The van der Waals surface area contributed by atoms with E-state index in [0.717, 1.165) is 46.6 Å². The van der Waals surface area contributed by atoms with E-state index in [1.165, 1.54) is 0 Å². The molecule has 0 unspecified atom stereocenters. The Morgan fingerprint density at radius 2 is 2.11 bits per heavy atom. The van der Waals surface area contributed by atoms with Crippen LogP contribution in [0, 0.1) is 19.8 Å². The minimum absolute atomic E-state index is 0.682. The van der Waals surface area contributed by atoms with Crippen LogP contribution in [0.5, 0.6) is 0 Å². The monoisotopic (exact) mass is 279 g/mol. The summed E-state index contributed by atoms with van der Waals surface area (Å²) in [5.41, 5.74) is 1.07. The van der Waals surface area contributed by atoms with Gasteiger partial charge in [0.25, 0.3) is 0 Å². The van der Waals surface area contributed by atoms with Crippen LogP contribution in [0.25, 0.3) is 10.6 Å². The number of hydrogen-bond donors (Lipinski definition) is 1. The van der Waals surface area contributed by atoms with Crippen molar-refractivity contribution in [3.63, 3.8) is 0 Å². The van der Waals surface area contributed by atoms with Gasteiger partial charge in [-0.05, 0) is 32.4 Å². The molecule has 0 aliphatic carbocycles. The van der Waals surface area contributed by atoms with E-state index < -0.39 is 0 Å². The molecule has 19 heavy (non-hydrogen) atoms.